The number of ether oxygens (including phenoxy) is 1. The summed E-state index contributed by atoms with van der Waals surface area (Å²) in [5.74, 6) is -1.08. The van der Waals surface area contributed by atoms with Gasteiger partial charge in [0.2, 0.25) is 11.8 Å². The molecular weight excluding hydrogens is 380 g/mol. The predicted octanol–water partition coefficient (Wildman–Crippen LogP) is 0.968. The minimum Gasteiger partial charge on any atom is -0.468 e. The fourth-order valence-corrected chi connectivity index (χ4v) is 3.01. The zero-order valence-electron chi connectivity index (χ0n) is 12.8. The van der Waals surface area contributed by atoms with Gasteiger partial charge in [-0.2, -0.15) is 5.10 Å². The summed E-state index contributed by atoms with van der Waals surface area (Å²) in [4.78, 5) is 37.0. The number of nitrogens with one attached hydrogen (secondary N) is 2. The second-order valence-corrected chi connectivity index (χ2v) is 6.35. The van der Waals surface area contributed by atoms with E-state index >= 15 is 0 Å². The van der Waals surface area contributed by atoms with Crippen LogP contribution in [0.1, 0.15) is 6.42 Å². The van der Waals surface area contributed by atoms with Crippen LogP contribution >= 0.6 is 15.9 Å². The lowest BCUT2D eigenvalue weighted by atomic mass is 10.1. The Hall–Kier alpha value is -2.42. The van der Waals surface area contributed by atoms with Crippen molar-refractivity contribution in [3.63, 3.8) is 0 Å². The molecule has 0 bridgehead atoms. The van der Waals surface area contributed by atoms with Crippen molar-refractivity contribution in [2.45, 2.75) is 6.42 Å². The average molecular weight is 395 g/mol. The van der Waals surface area contributed by atoms with Crippen LogP contribution in [0.25, 0.3) is 10.9 Å². The number of amides is 2. The highest BCUT2D eigenvalue weighted by molar-refractivity contribution is 9.10. The van der Waals surface area contributed by atoms with Gasteiger partial charge in [-0.1, -0.05) is 15.9 Å². The third kappa shape index (κ3) is 3.12. The molecule has 2 heterocycles. The summed E-state index contributed by atoms with van der Waals surface area (Å²) in [7, 11) is 1.25. The molecule has 0 radical (unpaired) electrons. The van der Waals surface area contributed by atoms with E-state index in [1.807, 2.05) is 18.2 Å². The predicted molar refractivity (Wildman–Crippen MR) is 89.3 cm³/mol. The number of rotatable bonds is 4. The van der Waals surface area contributed by atoms with Crippen molar-refractivity contribution < 1.29 is 19.1 Å². The molecule has 3 rings (SSSR count). The summed E-state index contributed by atoms with van der Waals surface area (Å²) in [6.07, 6.45) is 0.0812. The number of aromatic amines is 1. The first-order chi connectivity index (χ1) is 11.5. The third-order valence-corrected chi connectivity index (χ3v) is 4.38. The molecule has 2 aromatic rings. The molecule has 1 aliphatic heterocycles. The normalized spacial score (nSPS) is 17.3. The van der Waals surface area contributed by atoms with Gasteiger partial charge < -0.3 is 10.1 Å². The Kier molecular flexibility index (Phi) is 4.52. The molecule has 1 saturated heterocycles. The highest BCUT2D eigenvalue weighted by atomic mass is 79.9. The molecule has 1 aromatic heterocycles. The molecule has 8 nitrogen and oxygen atoms in total. The Morgan fingerprint density at radius 3 is 3.04 bits per heavy atom. The lowest BCUT2D eigenvalue weighted by molar-refractivity contribution is -0.141. The molecule has 126 valence electrons. The molecule has 1 aliphatic rings. The van der Waals surface area contributed by atoms with E-state index in [9.17, 15) is 14.4 Å². The summed E-state index contributed by atoms with van der Waals surface area (Å²) in [6, 6.07) is 5.59. The average Bonchev–Trinajstić information content (AvgIpc) is 3.14. The van der Waals surface area contributed by atoms with E-state index < -0.39 is 11.9 Å². The third-order valence-electron chi connectivity index (χ3n) is 3.89. The van der Waals surface area contributed by atoms with E-state index in [-0.39, 0.29) is 31.3 Å². The minimum atomic E-state index is -0.534. The number of benzene rings is 1. The zero-order chi connectivity index (χ0) is 17.3. The highest BCUT2D eigenvalue weighted by Gasteiger charge is 2.36. The van der Waals surface area contributed by atoms with Crippen LogP contribution in [0, 0.1) is 5.92 Å². The van der Waals surface area contributed by atoms with Crippen LogP contribution in [0.15, 0.2) is 22.7 Å². The number of methoxy groups -OCH3 is 1. The fraction of sp³-hybridized carbons (Fsp3) is 0.333. The number of fused-ring (bicyclic) bond motifs is 1. The van der Waals surface area contributed by atoms with Gasteiger partial charge in [0, 0.05) is 22.8 Å². The SMILES string of the molecule is COC(=O)CNC(=O)C1CC(=O)N(c2n[nH]c3cc(Br)ccc23)C1. The first-order valence-corrected chi connectivity index (χ1v) is 8.07. The van der Waals surface area contributed by atoms with Gasteiger partial charge in [-0.05, 0) is 18.2 Å². The number of nitrogens with zero attached hydrogens (tertiary/aromatic N) is 2. The van der Waals surface area contributed by atoms with Crippen LogP contribution in [0.5, 0.6) is 0 Å². The van der Waals surface area contributed by atoms with E-state index in [4.69, 9.17) is 0 Å². The van der Waals surface area contributed by atoms with Crippen LogP contribution in [0.2, 0.25) is 0 Å². The van der Waals surface area contributed by atoms with Crippen molar-refractivity contribution in [2.75, 3.05) is 25.1 Å². The summed E-state index contributed by atoms with van der Waals surface area (Å²) >= 11 is 3.38. The second kappa shape index (κ2) is 6.60. The molecule has 0 saturated carbocycles. The smallest absolute Gasteiger partial charge is 0.325 e. The Labute approximate surface area is 145 Å². The van der Waals surface area contributed by atoms with Crippen molar-refractivity contribution >= 4 is 50.4 Å². The number of carbonyl (C=O) groups excluding carboxylic acids is 3. The summed E-state index contributed by atoms with van der Waals surface area (Å²) in [5, 5.41) is 10.4. The van der Waals surface area contributed by atoms with Gasteiger partial charge in [-0.3, -0.25) is 24.4 Å². The Balaban J connectivity index is 1.74. The van der Waals surface area contributed by atoms with Crippen LogP contribution in [0.3, 0.4) is 0 Å². The zero-order valence-corrected chi connectivity index (χ0v) is 14.4. The number of halogens is 1. The number of hydrogen-bond acceptors (Lipinski definition) is 5. The highest BCUT2D eigenvalue weighted by Crippen LogP contribution is 2.31. The number of anilines is 1. The van der Waals surface area contributed by atoms with Crippen molar-refractivity contribution in [1.29, 1.82) is 0 Å². The Bertz CT molecular complexity index is 819. The maximum atomic E-state index is 12.3. The molecule has 1 atom stereocenters. The van der Waals surface area contributed by atoms with Crippen LogP contribution in [0.4, 0.5) is 5.82 Å². The number of esters is 1. The molecule has 1 unspecified atom stereocenters. The fourth-order valence-electron chi connectivity index (χ4n) is 2.65. The first kappa shape index (κ1) is 16.4. The van der Waals surface area contributed by atoms with Crippen molar-refractivity contribution in [3.05, 3.63) is 22.7 Å². The number of aromatic nitrogens is 2. The Morgan fingerprint density at radius 1 is 1.50 bits per heavy atom. The molecule has 2 amide bonds. The molecule has 9 heteroatoms. The van der Waals surface area contributed by atoms with Gasteiger partial charge in [0.25, 0.3) is 0 Å². The van der Waals surface area contributed by atoms with Gasteiger partial charge in [0.15, 0.2) is 5.82 Å². The van der Waals surface area contributed by atoms with Crippen molar-refractivity contribution in [2.24, 2.45) is 5.92 Å². The van der Waals surface area contributed by atoms with Crippen LogP contribution in [-0.4, -0.2) is 48.2 Å². The standard InChI is InChI=1S/C15H15BrN4O4/c1-24-13(22)6-17-15(23)8-4-12(21)20(7-8)14-10-3-2-9(16)5-11(10)18-19-14/h2-3,5,8H,4,6-7H2,1H3,(H,17,23)(H,18,19). The molecule has 1 aromatic carbocycles. The topological polar surface area (TPSA) is 104 Å². The molecule has 2 N–H and O–H groups in total. The van der Waals surface area contributed by atoms with E-state index in [0.717, 1.165) is 15.4 Å². The monoisotopic (exact) mass is 394 g/mol. The molecule has 0 aliphatic carbocycles. The maximum Gasteiger partial charge on any atom is 0.325 e. The molecule has 0 spiro atoms. The largest absolute Gasteiger partial charge is 0.468 e. The van der Waals surface area contributed by atoms with E-state index in [1.165, 1.54) is 12.0 Å². The summed E-state index contributed by atoms with van der Waals surface area (Å²) < 4.78 is 5.37. The molecular formula is C15H15BrN4O4. The minimum absolute atomic E-state index is 0.0812. The summed E-state index contributed by atoms with van der Waals surface area (Å²) in [5.41, 5.74) is 0.797. The van der Waals surface area contributed by atoms with E-state index in [2.05, 4.69) is 36.2 Å². The number of H-pyrrole nitrogens is 1. The number of hydrogen-bond donors (Lipinski definition) is 2. The Morgan fingerprint density at radius 2 is 2.29 bits per heavy atom. The quantitative estimate of drug-likeness (QED) is 0.751. The first-order valence-electron chi connectivity index (χ1n) is 7.28. The molecule has 1 fully saturated rings. The second-order valence-electron chi connectivity index (χ2n) is 5.44. The van der Waals surface area contributed by atoms with Crippen LogP contribution in [-0.2, 0) is 19.1 Å². The number of carbonyl (C=O) groups is 3. The summed E-state index contributed by atoms with van der Waals surface area (Å²) in [6.45, 7) is 0.0151. The maximum absolute atomic E-state index is 12.3. The van der Waals surface area contributed by atoms with E-state index in [1.54, 1.807) is 0 Å². The van der Waals surface area contributed by atoms with Gasteiger partial charge in [0.05, 0.1) is 18.5 Å². The lowest BCUT2D eigenvalue weighted by Gasteiger charge is -2.14. The van der Waals surface area contributed by atoms with Crippen molar-refractivity contribution in [3.8, 4) is 0 Å². The van der Waals surface area contributed by atoms with E-state index in [0.29, 0.717) is 5.82 Å². The van der Waals surface area contributed by atoms with Gasteiger partial charge in [0.1, 0.15) is 6.54 Å². The van der Waals surface area contributed by atoms with Crippen molar-refractivity contribution in [1.82, 2.24) is 15.5 Å². The lowest BCUT2D eigenvalue weighted by Crippen LogP contribution is -2.36. The van der Waals surface area contributed by atoms with Gasteiger partial charge >= 0.3 is 5.97 Å². The molecule has 24 heavy (non-hydrogen) atoms. The van der Waals surface area contributed by atoms with Crippen LogP contribution < -0.4 is 10.2 Å². The van der Waals surface area contributed by atoms with Gasteiger partial charge in [-0.25, -0.2) is 0 Å². The van der Waals surface area contributed by atoms with Gasteiger partial charge in [-0.15, -0.1) is 0 Å².